The van der Waals surface area contributed by atoms with E-state index in [0.29, 0.717) is 24.6 Å². The number of carbonyl (C=O) groups is 2. The summed E-state index contributed by atoms with van der Waals surface area (Å²) in [6.45, 7) is 9.88. The predicted molar refractivity (Wildman–Crippen MR) is 133 cm³/mol. The van der Waals surface area contributed by atoms with Gasteiger partial charge >= 0.3 is 205 Å². The molecule has 9 heteroatoms. The Morgan fingerprint density at radius 1 is 0.938 bits per heavy atom. The van der Waals surface area contributed by atoms with Crippen LogP contribution in [-0.4, -0.2) is 86.9 Å². The van der Waals surface area contributed by atoms with Crippen LogP contribution in [0.3, 0.4) is 0 Å². The van der Waals surface area contributed by atoms with E-state index in [4.69, 9.17) is 9.47 Å². The number of methoxy groups -OCH3 is 2. The van der Waals surface area contributed by atoms with Crippen molar-refractivity contribution in [2.24, 2.45) is 5.92 Å². The van der Waals surface area contributed by atoms with Gasteiger partial charge in [-0.05, 0) is 0 Å². The molecule has 0 spiro atoms. The Labute approximate surface area is 203 Å². The monoisotopic (exact) mass is 575 g/mol. The fourth-order valence-electron chi connectivity index (χ4n) is 3.91. The van der Waals surface area contributed by atoms with E-state index in [1.807, 2.05) is 32.2 Å². The van der Waals surface area contributed by atoms with Gasteiger partial charge in [-0.15, -0.1) is 0 Å². The van der Waals surface area contributed by atoms with Gasteiger partial charge in [-0.25, -0.2) is 0 Å². The van der Waals surface area contributed by atoms with Gasteiger partial charge in [0.05, 0.1) is 0 Å². The van der Waals surface area contributed by atoms with E-state index in [1.165, 1.54) is 24.0 Å². The van der Waals surface area contributed by atoms with E-state index < -0.39 is 26.8 Å². The first-order chi connectivity index (χ1) is 15.4. The van der Waals surface area contributed by atoms with Crippen LogP contribution in [0.1, 0.15) is 34.1 Å². The molecule has 0 N–H and O–H groups in total. The van der Waals surface area contributed by atoms with Crippen LogP contribution in [-0.2, 0) is 9.59 Å². The Morgan fingerprint density at radius 2 is 1.50 bits per heavy atom. The molecule has 0 unspecified atom stereocenters. The molecule has 0 radical (unpaired) electrons. The number of anilines is 1. The predicted octanol–water partition coefficient (Wildman–Crippen LogP) is 2.07. The number of benzene rings is 1. The van der Waals surface area contributed by atoms with Crippen molar-refractivity contribution in [3.8, 4) is 11.5 Å². The number of hydrogen-bond donors (Lipinski definition) is 0. The number of allylic oxidation sites excluding steroid dienone is 1. The molecule has 1 aromatic rings. The summed E-state index contributed by atoms with van der Waals surface area (Å²) in [6.07, 6.45) is 2.66. The summed E-state index contributed by atoms with van der Waals surface area (Å²) in [5.41, 5.74) is 1.17. The van der Waals surface area contributed by atoms with Crippen molar-refractivity contribution in [1.29, 1.82) is 0 Å². The normalized spacial score (nSPS) is 19.6. The number of nitrogens with zero attached hydrogens (tertiary/aromatic N) is 3. The summed E-state index contributed by atoms with van der Waals surface area (Å²) in [5, 5.41) is 2.71. The van der Waals surface area contributed by atoms with Crippen LogP contribution < -0.4 is 18.0 Å². The Morgan fingerprint density at radius 3 is 2.00 bits per heavy atom. The van der Waals surface area contributed by atoms with E-state index in [0.717, 1.165) is 18.0 Å². The molecule has 0 atom stereocenters. The number of ether oxygens (including phenoxy) is 2. The van der Waals surface area contributed by atoms with Crippen LogP contribution in [0.25, 0.3) is 0 Å². The molecule has 32 heavy (non-hydrogen) atoms. The number of amides is 2. The van der Waals surface area contributed by atoms with Crippen LogP contribution in [0, 0.1) is 5.92 Å². The maximum absolute atomic E-state index is 12.8. The molecule has 2 aliphatic heterocycles. The van der Waals surface area contributed by atoms with E-state index in [1.54, 1.807) is 24.0 Å². The van der Waals surface area contributed by atoms with Gasteiger partial charge in [-0.3, -0.25) is 0 Å². The molecule has 2 aliphatic rings. The van der Waals surface area contributed by atoms with E-state index in [2.05, 4.69) is 24.0 Å². The molecule has 0 bridgehead atoms. The van der Waals surface area contributed by atoms with Crippen molar-refractivity contribution in [2.75, 3.05) is 38.8 Å². The van der Waals surface area contributed by atoms with Crippen molar-refractivity contribution in [3.05, 3.63) is 22.0 Å². The molecular formula is C23H31N3O4STe. The zero-order valence-electron chi connectivity index (χ0n) is 19.5. The molecule has 0 aliphatic carbocycles. The SMILES string of the molecule is CCC1C(=O)N(CC)C(=S=CC=C2[Te]c3cc(OC)c(OC)cc3N2CC)N(CC)C1=O. The minimum atomic E-state index is -0.595. The summed E-state index contributed by atoms with van der Waals surface area (Å²) < 4.78 is 13.6. The van der Waals surface area contributed by atoms with Crippen molar-refractivity contribution in [3.63, 3.8) is 0 Å². The Kier molecular flexibility index (Phi) is 8.32. The standard InChI is InChI=1S/C23H31N3O4STe/c1-7-15-21(27)25(9-3)23(26(10-4)22(15)28)31-12-11-20-24(8-2)16-13-17(29-5)18(30-6)14-19(16)32-20/h11-15H,7-10H2,1-6H3. The van der Waals surface area contributed by atoms with Gasteiger partial charge in [0.1, 0.15) is 0 Å². The van der Waals surface area contributed by atoms with Crippen LogP contribution in [0.2, 0.25) is 0 Å². The van der Waals surface area contributed by atoms with Crippen molar-refractivity contribution < 1.29 is 19.1 Å². The average molecular weight is 573 g/mol. The molecule has 2 heterocycles. The average Bonchev–Trinajstić information content (AvgIpc) is 3.14. The molecule has 7 nitrogen and oxygen atoms in total. The summed E-state index contributed by atoms with van der Waals surface area (Å²) in [5.74, 6) is 0.724. The number of hydrogen-bond acceptors (Lipinski definition) is 5. The summed E-state index contributed by atoms with van der Waals surface area (Å²) in [6, 6.07) is 4.13. The van der Waals surface area contributed by atoms with Crippen molar-refractivity contribution in [2.45, 2.75) is 34.1 Å². The number of rotatable bonds is 7. The minimum absolute atomic E-state index is 0.0929. The molecule has 3 rings (SSSR count). The molecule has 1 saturated heterocycles. The number of carbonyl (C=O) groups excluding carboxylic acids is 2. The van der Waals surface area contributed by atoms with Crippen LogP contribution in [0.5, 0.6) is 11.5 Å². The summed E-state index contributed by atoms with van der Waals surface area (Å²) in [4.78, 5) is 31.5. The molecular weight excluding hydrogens is 542 g/mol. The molecule has 1 aromatic carbocycles. The second-order valence-electron chi connectivity index (χ2n) is 7.19. The van der Waals surface area contributed by atoms with Gasteiger partial charge in [0.2, 0.25) is 0 Å². The third-order valence-electron chi connectivity index (χ3n) is 5.57. The first-order valence-electron chi connectivity index (χ1n) is 10.9. The van der Waals surface area contributed by atoms with Crippen molar-refractivity contribution in [1.82, 2.24) is 9.80 Å². The van der Waals surface area contributed by atoms with Gasteiger partial charge < -0.3 is 0 Å². The third-order valence-corrected chi connectivity index (χ3v) is 9.67. The fraction of sp³-hybridized carbons (Fsp3) is 0.478. The maximum atomic E-state index is 12.8. The van der Waals surface area contributed by atoms with Crippen LogP contribution in [0.15, 0.2) is 22.0 Å². The van der Waals surface area contributed by atoms with E-state index in [-0.39, 0.29) is 11.8 Å². The third kappa shape index (κ3) is 4.43. The van der Waals surface area contributed by atoms with Gasteiger partial charge in [-0.1, -0.05) is 0 Å². The molecule has 0 aromatic heterocycles. The van der Waals surface area contributed by atoms with E-state index in [9.17, 15) is 9.59 Å². The Balaban J connectivity index is 1.99. The second kappa shape index (κ2) is 10.8. The second-order valence-corrected chi connectivity index (χ2v) is 11.1. The molecule has 2 amide bonds. The van der Waals surface area contributed by atoms with Crippen LogP contribution in [0.4, 0.5) is 5.69 Å². The van der Waals surface area contributed by atoms with Gasteiger partial charge in [0.25, 0.3) is 0 Å². The fourth-order valence-corrected chi connectivity index (χ4v) is 8.44. The summed E-state index contributed by atoms with van der Waals surface area (Å²) >= 11 is -0.595. The quantitative estimate of drug-likeness (QED) is 0.217. The zero-order chi connectivity index (χ0) is 23.4. The van der Waals surface area contributed by atoms with Gasteiger partial charge in [0, 0.05) is 0 Å². The first kappa shape index (κ1) is 24.7. The topological polar surface area (TPSA) is 62.3 Å². The van der Waals surface area contributed by atoms with Gasteiger partial charge in [-0.2, -0.15) is 0 Å². The van der Waals surface area contributed by atoms with E-state index >= 15 is 0 Å². The molecule has 174 valence electrons. The Bertz CT molecular complexity index is 977. The Hall–Kier alpha value is -1.95. The zero-order valence-corrected chi connectivity index (χ0v) is 22.7. The molecule has 1 fully saturated rings. The van der Waals surface area contributed by atoms with Crippen LogP contribution >= 0.6 is 10.9 Å². The molecule has 0 saturated carbocycles. The van der Waals surface area contributed by atoms with Crippen molar-refractivity contribution >= 4 is 63.5 Å². The first-order valence-corrected chi connectivity index (χ1v) is 14.1. The summed E-state index contributed by atoms with van der Waals surface area (Å²) in [7, 11) is 4.76. The van der Waals surface area contributed by atoms with Gasteiger partial charge in [0.15, 0.2) is 0 Å². The number of fused-ring (bicyclic) bond motifs is 1.